The summed E-state index contributed by atoms with van der Waals surface area (Å²) in [6.07, 6.45) is 5.31. The highest BCUT2D eigenvalue weighted by Gasteiger charge is 2.66. The summed E-state index contributed by atoms with van der Waals surface area (Å²) in [5.41, 5.74) is 1.24. The fourth-order valence-electron chi connectivity index (χ4n) is 4.49. The number of carbonyl (C=O) groups excluding carboxylic acids is 2. The lowest BCUT2D eigenvalue weighted by Gasteiger charge is -2.28. The van der Waals surface area contributed by atoms with Crippen LogP contribution in [0.15, 0.2) is 30.5 Å². The first-order valence-corrected chi connectivity index (χ1v) is 9.27. The molecule has 4 rings (SSSR count). The van der Waals surface area contributed by atoms with E-state index in [2.05, 4.69) is 4.98 Å². The van der Waals surface area contributed by atoms with Crippen molar-refractivity contribution in [3.63, 3.8) is 0 Å². The monoisotopic (exact) mass is 371 g/mol. The van der Waals surface area contributed by atoms with E-state index in [9.17, 15) is 9.59 Å². The Morgan fingerprint density at radius 3 is 3.07 bits per heavy atom. The fourth-order valence-corrected chi connectivity index (χ4v) is 4.49. The molecule has 0 aromatic carbocycles. The second-order valence-corrected chi connectivity index (χ2v) is 7.61. The Morgan fingerprint density at radius 1 is 1.52 bits per heavy atom. The van der Waals surface area contributed by atoms with Crippen LogP contribution in [0, 0.1) is 18.8 Å². The molecule has 3 aliphatic heterocycles. The van der Waals surface area contributed by atoms with Crippen LogP contribution in [-0.4, -0.2) is 72.2 Å². The van der Waals surface area contributed by atoms with E-state index < -0.39 is 17.4 Å². The number of nitrogens with zero attached hydrogens (tertiary/aromatic N) is 3. The van der Waals surface area contributed by atoms with E-state index in [4.69, 9.17) is 9.47 Å². The van der Waals surface area contributed by atoms with Gasteiger partial charge in [-0.3, -0.25) is 14.6 Å². The third kappa shape index (κ3) is 2.85. The van der Waals surface area contributed by atoms with Gasteiger partial charge in [0.1, 0.15) is 5.60 Å². The summed E-state index contributed by atoms with van der Waals surface area (Å²) >= 11 is 0. The van der Waals surface area contributed by atoms with E-state index in [1.807, 2.05) is 31.2 Å². The van der Waals surface area contributed by atoms with Gasteiger partial charge >= 0.3 is 0 Å². The quantitative estimate of drug-likeness (QED) is 0.691. The maximum Gasteiger partial charge on any atom is 0.230 e. The molecule has 0 saturated carbocycles. The van der Waals surface area contributed by atoms with Crippen molar-refractivity contribution in [2.24, 2.45) is 11.8 Å². The molecule has 144 valence electrons. The summed E-state index contributed by atoms with van der Waals surface area (Å²) in [5.74, 6) is -1.02. The lowest BCUT2D eigenvalue weighted by atomic mass is 9.76. The Hall–Kier alpha value is -2.25. The van der Waals surface area contributed by atoms with Gasteiger partial charge in [-0.15, -0.1) is 0 Å². The van der Waals surface area contributed by atoms with Crippen molar-refractivity contribution < 1.29 is 19.1 Å². The number of aryl methyl sites for hydroxylation is 1. The number of pyridine rings is 1. The van der Waals surface area contributed by atoms with E-state index >= 15 is 0 Å². The van der Waals surface area contributed by atoms with Gasteiger partial charge in [-0.2, -0.15) is 0 Å². The number of fused-ring (bicyclic) bond motifs is 1. The van der Waals surface area contributed by atoms with Crippen LogP contribution in [0.25, 0.3) is 0 Å². The first-order chi connectivity index (χ1) is 13.0. The normalized spacial score (nSPS) is 30.9. The van der Waals surface area contributed by atoms with Crippen molar-refractivity contribution in [1.29, 1.82) is 0 Å². The zero-order valence-electron chi connectivity index (χ0n) is 15.9. The molecule has 1 aromatic heterocycles. The summed E-state index contributed by atoms with van der Waals surface area (Å²) in [5, 5.41) is 0. The number of likely N-dealkylation sites (tertiary alicyclic amines) is 1. The largest absolute Gasteiger partial charge is 0.383 e. The molecule has 7 heteroatoms. The molecule has 3 aliphatic rings. The second-order valence-electron chi connectivity index (χ2n) is 7.61. The zero-order chi connectivity index (χ0) is 19.2. The SMILES string of the molecule is COCCN1C[C@]23C=C[C@H](O2)[C@@H](C(=O)N(C)Cc2ncccc2C)[C@@H]3C1=O. The number of amides is 2. The van der Waals surface area contributed by atoms with Gasteiger partial charge in [0.05, 0.1) is 43.3 Å². The molecular weight excluding hydrogens is 346 g/mol. The minimum absolute atomic E-state index is 0.0142. The number of ether oxygens (including phenoxy) is 2. The topological polar surface area (TPSA) is 72.0 Å². The summed E-state index contributed by atoms with van der Waals surface area (Å²) in [6.45, 7) is 3.87. The lowest BCUT2D eigenvalue weighted by molar-refractivity contribution is -0.142. The number of carbonyl (C=O) groups is 2. The molecule has 0 aliphatic carbocycles. The highest BCUT2D eigenvalue weighted by Crippen LogP contribution is 2.52. The first-order valence-electron chi connectivity index (χ1n) is 9.27. The molecule has 0 radical (unpaired) electrons. The van der Waals surface area contributed by atoms with Crippen molar-refractivity contribution >= 4 is 11.8 Å². The third-order valence-electron chi connectivity index (χ3n) is 5.91. The van der Waals surface area contributed by atoms with Crippen LogP contribution in [0.5, 0.6) is 0 Å². The molecule has 4 heterocycles. The van der Waals surface area contributed by atoms with Gasteiger partial charge in [0.25, 0.3) is 0 Å². The van der Waals surface area contributed by atoms with E-state index in [-0.39, 0.29) is 17.9 Å². The van der Waals surface area contributed by atoms with Crippen molar-refractivity contribution in [3.05, 3.63) is 41.7 Å². The molecule has 7 nitrogen and oxygen atoms in total. The maximum atomic E-state index is 13.2. The van der Waals surface area contributed by atoms with Crippen LogP contribution in [0.2, 0.25) is 0 Å². The van der Waals surface area contributed by atoms with Crippen LogP contribution in [0.4, 0.5) is 0 Å². The van der Waals surface area contributed by atoms with Crippen LogP contribution >= 0.6 is 0 Å². The van der Waals surface area contributed by atoms with Crippen LogP contribution in [0.1, 0.15) is 11.3 Å². The highest BCUT2D eigenvalue weighted by molar-refractivity contribution is 5.93. The van der Waals surface area contributed by atoms with Gasteiger partial charge in [0.15, 0.2) is 0 Å². The highest BCUT2D eigenvalue weighted by atomic mass is 16.5. The molecule has 2 saturated heterocycles. The van der Waals surface area contributed by atoms with E-state index in [1.54, 1.807) is 30.2 Å². The van der Waals surface area contributed by atoms with Gasteiger partial charge < -0.3 is 19.3 Å². The molecule has 0 N–H and O–H groups in total. The molecular formula is C20H25N3O4. The Morgan fingerprint density at radius 2 is 2.33 bits per heavy atom. The maximum absolute atomic E-state index is 13.2. The van der Waals surface area contributed by atoms with Crippen LogP contribution < -0.4 is 0 Å². The zero-order valence-corrected chi connectivity index (χ0v) is 15.9. The number of aromatic nitrogens is 1. The predicted molar refractivity (Wildman–Crippen MR) is 97.6 cm³/mol. The second kappa shape index (κ2) is 6.73. The molecule has 0 unspecified atom stereocenters. The summed E-state index contributed by atoms with van der Waals surface area (Å²) in [7, 11) is 3.38. The lowest BCUT2D eigenvalue weighted by Crippen LogP contribution is -2.44. The number of rotatable bonds is 6. The van der Waals surface area contributed by atoms with Gasteiger partial charge in [0, 0.05) is 26.9 Å². The van der Waals surface area contributed by atoms with Crippen LogP contribution in [0.3, 0.4) is 0 Å². The third-order valence-corrected chi connectivity index (χ3v) is 5.91. The molecule has 1 aromatic rings. The molecule has 2 bridgehead atoms. The van der Waals surface area contributed by atoms with Crippen molar-refractivity contribution in [2.45, 2.75) is 25.2 Å². The average Bonchev–Trinajstić information content (AvgIpc) is 3.29. The smallest absolute Gasteiger partial charge is 0.230 e. The molecule has 4 atom stereocenters. The Labute approximate surface area is 158 Å². The summed E-state index contributed by atoms with van der Waals surface area (Å²) in [4.78, 5) is 34.0. The van der Waals surface area contributed by atoms with Gasteiger partial charge in [0.2, 0.25) is 11.8 Å². The van der Waals surface area contributed by atoms with Gasteiger partial charge in [-0.1, -0.05) is 18.2 Å². The number of methoxy groups -OCH3 is 1. The summed E-state index contributed by atoms with van der Waals surface area (Å²) in [6, 6.07) is 3.86. The average molecular weight is 371 g/mol. The van der Waals surface area contributed by atoms with Gasteiger partial charge in [-0.25, -0.2) is 0 Å². The predicted octanol–water partition coefficient (Wildman–Crippen LogP) is 0.777. The van der Waals surface area contributed by atoms with Crippen molar-refractivity contribution in [1.82, 2.24) is 14.8 Å². The molecule has 27 heavy (non-hydrogen) atoms. The summed E-state index contributed by atoms with van der Waals surface area (Å²) < 4.78 is 11.3. The van der Waals surface area contributed by atoms with Gasteiger partial charge in [-0.05, 0) is 18.6 Å². The van der Waals surface area contributed by atoms with E-state index in [0.717, 1.165) is 11.3 Å². The van der Waals surface area contributed by atoms with E-state index in [1.165, 1.54) is 0 Å². The Balaban J connectivity index is 1.53. The Kier molecular flexibility index (Phi) is 4.52. The number of hydrogen-bond donors (Lipinski definition) is 0. The molecule has 2 fully saturated rings. The standard InChI is InChI=1S/C20H25N3O4/c1-13-5-4-8-21-14(13)11-22(2)18(24)16-15-6-7-20(27-15)12-23(9-10-26-3)19(25)17(16)20/h4-8,15-17H,9-12H2,1-3H3/t15-,16+,17+,20-/m0/s1. The fraction of sp³-hybridized carbons (Fsp3) is 0.550. The van der Waals surface area contributed by atoms with Crippen LogP contribution in [-0.2, 0) is 25.6 Å². The number of hydrogen-bond acceptors (Lipinski definition) is 5. The molecule has 2 amide bonds. The van der Waals surface area contributed by atoms with Crippen molar-refractivity contribution in [3.8, 4) is 0 Å². The minimum atomic E-state index is -0.669. The van der Waals surface area contributed by atoms with Crippen molar-refractivity contribution in [2.75, 3.05) is 33.9 Å². The van der Waals surface area contributed by atoms with E-state index in [0.29, 0.717) is 26.2 Å². The first kappa shape index (κ1) is 18.1. The molecule has 1 spiro atoms. The minimum Gasteiger partial charge on any atom is -0.383 e. The Bertz CT molecular complexity index is 795.